The van der Waals surface area contributed by atoms with Gasteiger partial charge in [0.15, 0.2) is 5.96 Å². The van der Waals surface area contributed by atoms with Gasteiger partial charge in [-0.3, -0.25) is 4.79 Å². The number of hydrogen-bond acceptors (Lipinski definition) is 2. The zero-order chi connectivity index (χ0) is 17.9. The summed E-state index contributed by atoms with van der Waals surface area (Å²) in [6.07, 6.45) is 5.73. The van der Waals surface area contributed by atoms with Gasteiger partial charge in [-0.15, -0.1) is 24.0 Å². The molecule has 0 radical (unpaired) electrons. The van der Waals surface area contributed by atoms with Crippen molar-refractivity contribution in [2.75, 3.05) is 19.6 Å². The minimum atomic E-state index is 0. The highest BCUT2D eigenvalue weighted by Gasteiger charge is 2.20. The molecule has 6 heteroatoms. The van der Waals surface area contributed by atoms with Crippen molar-refractivity contribution in [2.24, 2.45) is 10.9 Å². The minimum Gasteiger partial charge on any atom is -0.357 e. The number of hydrogen-bond donors (Lipinski definition) is 3. The lowest BCUT2D eigenvalue weighted by Gasteiger charge is -2.21. The van der Waals surface area contributed by atoms with E-state index >= 15 is 0 Å². The molecular weight excluding hydrogens is 439 g/mol. The number of carbonyl (C=O) groups excluding carboxylic acids is 1. The van der Waals surface area contributed by atoms with E-state index in [0.29, 0.717) is 19.6 Å². The van der Waals surface area contributed by atoms with Gasteiger partial charge in [0.2, 0.25) is 5.91 Å². The van der Waals surface area contributed by atoms with E-state index in [2.05, 4.69) is 52.1 Å². The fraction of sp³-hybridized carbons (Fsp3) is 0.600. The second kappa shape index (κ2) is 12.9. The van der Waals surface area contributed by atoms with Gasteiger partial charge in [0.05, 0.1) is 6.54 Å². The van der Waals surface area contributed by atoms with Crippen molar-refractivity contribution in [1.29, 1.82) is 0 Å². The molecule has 1 aliphatic carbocycles. The average molecular weight is 472 g/mol. The van der Waals surface area contributed by atoms with Crippen LogP contribution in [0.15, 0.2) is 29.3 Å². The average Bonchev–Trinajstić information content (AvgIpc) is 2.65. The molecule has 0 unspecified atom stereocenters. The molecule has 3 N–H and O–H groups in total. The van der Waals surface area contributed by atoms with Crippen LogP contribution < -0.4 is 16.0 Å². The summed E-state index contributed by atoms with van der Waals surface area (Å²) >= 11 is 0. The maximum Gasteiger partial charge on any atom is 0.223 e. The summed E-state index contributed by atoms with van der Waals surface area (Å²) < 4.78 is 0. The van der Waals surface area contributed by atoms with E-state index in [9.17, 15) is 4.79 Å². The number of aliphatic imine (C=N–C) groups is 1. The van der Waals surface area contributed by atoms with E-state index in [1.54, 1.807) is 0 Å². The van der Waals surface area contributed by atoms with Crippen molar-refractivity contribution in [3.8, 4) is 0 Å². The molecule has 0 atom stereocenters. The van der Waals surface area contributed by atoms with Gasteiger partial charge in [0.1, 0.15) is 0 Å². The van der Waals surface area contributed by atoms with Gasteiger partial charge in [-0.25, -0.2) is 4.99 Å². The first kappa shape index (κ1) is 22.7. The van der Waals surface area contributed by atoms with Crippen LogP contribution in [0.5, 0.6) is 0 Å². The van der Waals surface area contributed by atoms with Crippen LogP contribution in [0.1, 0.15) is 50.2 Å². The first-order valence-corrected chi connectivity index (χ1v) is 9.54. The lowest BCUT2D eigenvalue weighted by Crippen LogP contribution is -2.42. The number of carbonyl (C=O) groups is 1. The van der Waals surface area contributed by atoms with Gasteiger partial charge in [0, 0.05) is 25.6 Å². The monoisotopic (exact) mass is 472 g/mol. The Balaban J connectivity index is 0.00000338. The zero-order valence-corrected chi connectivity index (χ0v) is 18.3. The molecule has 0 spiro atoms. The Hall–Kier alpha value is -1.31. The van der Waals surface area contributed by atoms with Gasteiger partial charge >= 0.3 is 0 Å². The van der Waals surface area contributed by atoms with Crippen molar-refractivity contribution in [3.05, 3.63) is 35.4 Å². The number of nitrogens with zero attached hydrogens (tertiary/aromatic N) is 1. The van der Waals surface area contributed by atoms with Gasteiger partial charge in [-0.05, 0) is 32.3 Å². The fourth-order valence-corrected chi connectivity index (χ4v) is 3.08. The first-order chi connectivity index (χ1) is 12.2. The van der Waals surface area contributed by atoms with E-state index in [-0.39, 0.29) is 35.8 Å². The summed E-state index contributed by atoms with van der Waals surface area (Å²) in [5, 5.41) is 9.57. The normalized spacial score (nSPS) is 15.1. The van der Waals surface area contributed by atoms with Gasteiger partial charge < -0.3 is 16.0 Å². The molecule has 0 aliphatic heterocycles. The molecule has 1 aliphatic rings. The van der Waals surface area contributed by atoms with Crippen LogP contribution in [0.3, 0.4) is 0 Å². The van der Waals surface area contributed by atoms with Crippen LogP contribution in [-0.2, 0) is 11.3 Å². The molecule has 0 saturated heterocycles. The van der Waals surface area contributed by atoms with Crippen LogP contribution in [0, 0.1) is 12.8 Å². The third-order valence-electron chi connectivity index (χ3n) is 4.58. The largest absolute Gasteiger partial charge is 0.357 e. The highest BCUT2D eigenvalue weighted by atomic mass is 127. The van der Waals surface area contributed by atoms with Crippen LogP contribution >= 0.6 is 24.0 Å². The highest BCUT2D eigenvalue weighted by Crippen LogP contribution is 2.23. The third-order valence-corrected chi connectivity index (χ3v) is 4.58. The summed E-state index contributed by atoms with van der Waals surface area (Å²) in [4.78, 5) is 16.7. The Labute approximate surface area is 174 Å². The number of rotatable bonds is 7. The molecule has 1 saturated carbocycles. The van der Waals surface area contributed by atoms with Crippen LogP contribution in [0.25, 0.3) is 0 Å². The Morgan fingerprint density at radius 1 is 1.04 bits per heavy atom. The van der Waals surface area contributed by atoms with Gasteiger partial charge in [-0.2, -0.15) is 0 Å². The Kier molecular flexibility index (Phi) is 11.3. The number of benzene rings is 1. The third kappa shape index (κ3) is 8.38. The van der Waals surface area contributed by atoms with E-state index in [1.165, 1.54) is 30.4 Å². The van der Waals surface area contributed by atoms with Crippen molar-refractivity contribution >= 4 is 35.8 Å². The molecule has 0 aromatic heterocycles. The van der Waals surface area contributed by atoms with E-state index in [1.807, 2.05) is 6.92 Å². The molecule has 0 bridgehead atoms. The van der Waals surface area contributed by atoms with Crippen LogP contribution in [0.4, 0.5) is 0 Å². The maximum absolute atomic E-state index is 12.1. The van der Waals surface area contributed by atoms with Crippen molar-refractivity contribution in [2.45, 2.75) is 52.5 Å². The van der Waals surface area contributed by atoms with E-state index < -0.39 is 0 Å². The molecule has 1 amide bonds. The maximum atomic E-state index is 12.1. The molecule has 1 aromatic rings. The summed E-state index contributed by atoms with van der Waals surface area (Å²) in [5.41, 5.74) is 2.44. The Morgan fingerprint density at radius 3 is 2.35 bits per heavy atom. The molecule has 2 rings (SSSR count). The molecular formula is C20H33IN4O. The zero-order valence-electron chi connectivity index (χ0n) is 16.0. The minimum absolute atomic E-state index is 0. The molecule has 146 valence electrons. The highest BCUT2D eigenvalue weighted by molar-refractivity contribution is 14.0. The lowest BCUT2D eigenvalue weighted by atomic mass is 9.89. The topological polar surface area (TPSA) is 65.5 Å². The number of guanidine groups is 1. The van der Waals surface area contributed by atoms with Gasteiger partial charge in [-0.1, -0.05) is 49.1 Å². The van der Waals surface area contributed by atoms with Gasteiger partial charge in [0.25, 0.3) is 0 Å². The summed E-state index contributed by atoms with van der Waals surface area (Å²) in [7, 11) is 0. The molecule has 1 aromatic carbocycles. The number of nitrogens with one attached hydrogen (secondary N) is 3. The fourth-order valence-electron chi connectivity index (χ4n) is 3.08. The van der Waals surface area contributed by atoms with E-state index in [0.717, 1.165) is 25.3 Å². The van der Waals surface area contributed by atoms with Crippen molar-refractivity contribution < 1.29 is 4.79 Å². The number of aryl methyl sites for hydroxylation is 1. The summed E-state index contributed by atoms with van der Waals surface area (Å²) in [6, 6.07) is 8.41. The lowest BCUT2D eigenvalue weighted by molar-refractivity contribution is -0.125. The molecule has 5 nitrogen and oxygen atoms in total. The SMILES string of the molecule is CCNC(=NCc1ccc(C)cc1)NCCNC(=O)C1CCCCC1.I. The summed E-state index contributed by atoms with van der Waals surface area (Å²) in [5.74, 6) is 1.22. The second-order valence-electron chi connectivity index (χ2n) is 6.73. The second-order valence-corrected chi connectivity index (χ2v) is 6.73. The Bertz CT molecular complexity index is 553. The predicted octanol–water partition coefficient (Wildman–Crippen LogP) is 3.36. The molecule has 1 fully saturated rings. The predicted molar refractivity (Wildman–Crippen MR) is 119 cm³/mol. The molecule has 26 heavy (non-hydrogen) atoms. The molecule has 0 heterocycles. The standard InChI is InChI=1S/C20H32N4O.HI/c1-3-21-20(24-15-17-11-9-16(2)10-12-17)23-14-13-22-19(25)18-7-5-4-6-8-18;/h9-12,18H,3-8,13-15H2,1-2H3,(H,22,25)(H2,21,23,24);1H. The number of halogens is 1. The van der Waals surface area contributed by atoms with Crippen molar-refractivity contribution in [1.82, 2.24) is 16.0 Å². The quantitative estimate of drug-likeness (QED) is 0.247. The summed E-state index contributed by atoms with van der Waals surface area (Å²) in [6.45, 7) is 6.90. The van der Waals surface area contributed by atoms with E-state index in [4.69, 9.17) is 0 Å². The van der Waals surface area contributed by atoms with Crippen molar-refractivity contribution in [3.63, 3.8) is 0 Å². The number of amides is 1. The Morgan fingerprint density at radius 2 is 1.69 bits per heavy atom. The smallest absolute Gasteiger partial charge is 0.223 e. The van der Waals surface area contributed by atoms with Crippen LogP contribution in [-0.4, -0.2) is 31.5 Å². The first-order valence-electron chi connectivity index (χ1n) is 9.54. The van der Waals surface area contributed by atoms with Crippen LogP contribution in [0.2, 0.25) is 0 Å².